The third kappa shape index (κ3) is 16.2. The highest BCUT2D eigenvalue weighted by Crippen LogP contribution is 2.08. The van der Waals surface area contributed by atoms with Crippen molar-refractivity contribution in [2.75, 3.05) is 13.1 Å². The molecular weight excluding hydrogens is 632 g/mol. The van der Waals surface area contributed by atoms with Gasteiger partial charge in [-0.3, -0.25) is 4.79 Å². The van der Waals surface area contributed by atoms with Gasteiger partial charge in [0.2, 0.25) is 5.91 Å². The van der Waals surface area contributed by atoms with Crippen LogP contribution in [0.15, 0.2) is 91.0 Å². The van der Waals surface area contributed by atoms with Gasteiger partial charge in [-0.15, -0.1) is 0 Å². The predicted octanol–water partition coefficient (Wildman–Crippen LogP) is 5.04. The highest BCUT2D eigenvalue weighted by Gasteiger charge is 2.26. The number of benzene rings is 3. The summed E-state index contributed by atoms with van der Waals surface area (Å²) in [5.74, 6) is -1.91. The van der Waals surface area contributed by atoms with Crippen LogP contribution in [-0.4, -0.2) is 60.4 Å². The van der Waals surface area contributed by atoms with Gasteiger partial charge in [0.1, 0.15) is 31.9 Å². The Labute approximate surface area is 285 Å². The molecule has 3 aromatic rings. The van der Waals surface area contributed by atoms with Crippen LogP contribution >= 0.6 is 0 Å². The summed E-state index contributed by atoms with van der Waals surface area (Å²) < 4.78 is 15.6. The quantitative estimate of drug-likeness (QED) is 0.0809. The maximum Gasteiger partial charge on any atom is 0.408 e. The summed E-state index contributed by atoms with van der Waals surface area (Å²) >= 11 is 0. The zero-order valence-corrected chi connectivity index (χ0v) is 27.3. The molecule has 0 heterocycles. The van der Waals surface area contributed by atoms with E-state index in [9.17, 15) is 29.1 Å². The first-order chi connectivity index (χ1) is 23.8. The number of ether oxygens (including phenoxy) is 3. The number of aliphatic carboxylic acids is 1. The zero-order valence-electron chi connectivity index (χ0n) is 27.3. The van der Waals surface area contributed by atoms with Crippen molar-refractivity contribution < 1.29 is 43.3 Å². The molecule has 0 aromatic heterocycles. The fourth-order valence-corrected chi connectivity index (χ4v) is 4.58. The van der Waals surface area contributed by atoms with Gasteiger partial charge in [-0.25, -0.2) is 19.2 Å². The van der Waals surface area contributed by atoms with E-state index in [2.05, 4.69) is 21.3 Å². The van der Waals surface area contributed by atoms with Crippen LogP contribution in [0.25, 0.3) is 0 Å². The van der Waals surface area contributed by atoms with Gasteiger partial charge in [-0.05, 0) is 55.2 Å². The van der Waals surface area contributed by atoms with E-state index in [0.29, 0.717) is 25.7 Å². The molecule has 13 nitrogen and oxygen atoms in total. The highest BCUT2D eigenvalue weighted by molar-refractivity contribution is 5.89. The Morgan fingerprint density at radius 1 is 0.510 bits per heavy atom. The first-order valence-corrected chi connectivity index (χ1v) is 16.2. The van der Waals surface area contributed by atoms with Gasteiger partial charge in [0.25, 0.3) is 0 Å². The summed E-state index contributed by atoms with van der Waals surface area (Å²) in [6, 6.07) is 25.2. The smallest absolute Gasteiger partial charge is 0.408 e. The molecule has 0 radical (unpaired) electrons. The summed E-state index contributed by atoms with van der Waals surface area (Å²) in [6.45, 7) is 0.784. The largest absolute Gasteiger partial charge is 0.480 e. The lowest BCUT2D eigenvalue weighted by Gasteiger charge is -2.21. The molecule has 0 fully saturated rings. The van der Waals surface area contributed by atoms with E-state index < -0.39 is 42.2 Å². The molecule has 0 aliphatic rings. The number of carboxylic acid groups (broad SMARTS) is 1. The van der Waals surface area contributed by atoms with E-state index in [1.807, 2.05) is 66.7 Å². The van der Waals surface area contributed by atoms with Crippen LogP contribution in [-0.2, 0) is 43.6 Å². The molecule has 49 heavy (non-hydrogen) atoms. The lowest BCUT2D eigenvalue weighted by molar-refractivity contribution is -0.142. The molecule has 0 bridgehead atoms. The maximum absolute atomic E-state index is 13.2. The molecule has 262 valence electrons. The topological polar surface area (TPSA) is 181 Å². The molecule has 4 amide bonds. The van der Waals surface area contributed by atoms with E-state index in [1.54, 1.807) is 24.3 Å². The molecular formula is C36H44N4O9. The Hall–Kier alpha value is -5.59. The first kappa shape index (κ1) is 37.9. The van der Waals surface area contributed by atoms with Crippen molar-refractivity contribution in [3.8, 4) is 0 Å². The zero-order chi connectivity index (χ0) is 35.1. The van der Waals surface area contributed by atoms with Crippen molar-refractivity contribution in [1.29, 1.82) is 0 Å². The molecule has 2 atom stereocenters. The second-order valence-electron chi connectivity index (χ2n) is 11.1. The Balaban J connectivity index is 1.43. The molecule has 0 aliphatic carbocycles. The van der Waals surface area contributed by atoms with Gasteiger partial charge < -0.3 is 40.6 Å². The number of carbonyl (C=O) groups excluding carboxylic acids is 4. The van der Waals surface area contributed by atoms with Gasteiger partial charge in [-0.2, -0.15) is 0 Å². The summed E-state index contributed by atoms with van der Waals surface area (Å²) in [5.41, 5.74) is 2.46. The second-order valence-corrected chi connectivity index (χ2v) is 11.1. The Morgan fingerprint density at radius 3 is 1.31 bits per heavy atom. The van der Waals surface area contributed by atoms with Gasteiger partial charge >= 0.3 is 24.2 Å². The molecule has 0 spiro atoms. The van der Waals surface area contributed by atoms with Crippen LogP contribution in [0.4, 0.5) is 14.4 Å². The van der Waals surface area contributed by atoms with Gasteiger partial charge in [-0.1, -0.05) is 91.0 Å². The molecule has 0 aliphatic heterocycles. The normalized spacial score (nSPS) is 11.7. The molecule has 0 saturated carbocycles. The predicted molar refractivity (Wildman–Crippen MR) is 180 cm³/mol. The Kier molecular flexibility index (Phi) is 17.1. The Morgan fingerprint density at radius 2 is 0.898 bits per heavy atom. The maximum atomic E-state index is 13.2. The van der Waals surface area contributed by atoms with Crippen LogP contribution in [0.1, 0.15) is 55.2 Å². The summed E-state index contributed by atoms with van der Waals surface area (Å²) in [6.07, 6.45) is -0.00899. The lowest BCUT2D eigenvalue weighted by Crippen LogP contribution is -2.51. The van der Waals surface area contributed by atoms with Gasteiger partial charge in [0, 0.05) is 13.1 Å². The Bertz CT molecular complexity index is 1440. The van der Waals surface area contributed by atoms with Crippen LogP contribution in [0.5, 0.6) is 0 Å². The monoisotopic (exact) mass is 676 g/mol. The van der Waals surface area contributed by atoms with E-state index in [1.165, 1.54) is 0 Å². The van der Waals surface area contributed by atoms with E-state index in [0.717, 1.165) is 16.7 Å². The number of carbonyl (C=O) groups is 5. The molecule has 3 aromatic carbocycles. The molecule has 5 N–H and O–H groups in total. The van der Waals surface area contributed by atoms with Crippen molar-refractivity contribution in [2.24, 2.45) is 0 Å². The van der Waals surface area contributed by atoms with Crippen molar-refractivity contribution in [1.82, 2.24) is 21.3 Å². The van der Waals surface area contributed by atoms with Gasteiger partial charge in [0.05, 0.1) is 0 Å². The minimum Gasteiger partial charge on any atom is -0.480 e. The summed E-state index contributed by atoms with van der Waals surface area (Å²) in [5, 5.41) is 20.1. The van der Waals surface area contributed by atoms with Crippen LogP contribution < -0.4 is 21.3 Å². The van der Waals surface area contributed by atoms with E-state index in [-0.39, 0.29) is 45.8 Å². The lowest BCUT2D eigenvalue weighted by atomic mass is 10.1. The number of alkyl carbamates (subject to hydrolysis) is 3. The fraction of sp³-hybridized carbons (Fsp3) is 0.361. The van der Waals surface area contributed by atoms with Crippen molar-refractivity contribution >= 4 is 30.2 Å². The van der Waals surface area contributed by atoms with E-state index >= 15 is 0 Å². The number of carboxylic acids is 1. The van der Waals surface area contributed by atoms with Crippen LogP contribution in [0.2, 0.25) is 0 Å². The third-order valence-electron chi connectivity index (χ3n) is 7.24. The average molecular weight is 677 g/mol. The third-order valence-corrected chi connectivity index (χ3v) is 7.24. The number of hydrogen-bond acceptors (Lipinski definition) is 8. The van der Waals surface area contributed by atoms with E-state index in [4.69, 9.17) is 14.2 Å². The molecule has 0 saturated heterocycles. The van der Waals surface area contributed by atoms with Crippen LogP contribution in [0, 0.1) is 0 Å². The average Bonchev–Trinajstić information content (AvgIpc) is 3.12. The minimum absolute atomic E-state index is 0.0123. The summed E-state index contributed by atoms with van der Waals surface area (Å²) in [7, 11) is 0. The number of unbranched alkanes of at least 4 members (excludes halogenated alkanes) is 2. The number of amides is 4. The second kappa shape index (κ2) is 22.1. The summed E-state index contributed by atoms with van der Waals surface area (Å²) in [4.78, 5) is 61.8. The number of hydrogen-bond donors (Lipinski definition) is 5. The van der Waals surface area contributed by atoms with Gasteiger partial charge in [0.15, 0.2) is 0 Å². The molecule has 0 unspecified atom stereocenters. The highest BCUT2D eigenvalue weighted by atomic mass is 16.6. The number of rotatable bonds is 20. The fourth-order valence-electron chi connectivity index (χ4n) is 4.58. The number of nitrogens with one attached hydrogen (secondary N) is 4. The first-order valence-electron chi connectivity index (χ1n) is 16.2. The van der Waals surface area contributed by atoms with Crippen LogP contribution in [0.3, 0.4) is 0 Å². The van der Waals surface area contributed by atoms with Crippen molar-refractivity contribution in [3.05, 3.63) is 108 Å². The van der Waals surface area contributed by atoms with Crippen molar-refractivity contribution in [3.63, 3.8) is 0 Å². The van der Waals surface area contributed by atoms with Crippen molar-refractivity contribution in [2.45, 2.75) is 70.4 Å². The SMILES string of the molecule is O=C(NCCCC[C@H](NC(=O)[C@H](CCCCNC(=O)OCc1ccccc1)NC(=O)OCc1ccccc1)C(=O)O)OCc1ccccc1. The standard InChI is InChI=1S/C36H44N4O9/c41-32(39-31(33(42)43)21-11-13-23-38-35(45)48-25-28-16-6-2-7-17-28)30(40-36(46)49-26-29-18-8-3-9-19-29)20-10-12-22-37-34(44)47-24-27-14-4-1-5-15-27/h1-9,14-19,30-31H,10-13,20-26H2,(H,37,44)(H,38,45)(H,39,41)(H,40,46)(H,42,43)/t30-,31-/m0/s1. The molecule has 3 rings (SSSR count). The molecule has 13 heteroatoms. The minimum atomic E-state index is -1.23.